The number of para-hydroxylation sites is 1. The Morgan fingerprint density at radius 3 is 1.71 bits per heavy atom. The van der Waals surface area contributed by atoms with Crippen LogP contribution >= 0.6 is 0 Å². The van der Waals surface area contributed by atoms with E-state index >= 15 is 0 Å². The summed E-state index contributed by atoms with van der Waals surface area (Å²) in [4.78, 5) is 2.39. The predicted octanol–water partition coefficient (Wildman–Crippen LogP) is 17.2. The van der Waals surface area contributed by atoms with E-state index in [-0.39, 0.29) is 0 Å². The first-order valence-electron chi connectivity index (χ1n) is 23.4. The first-order chi connectivity index (χ1) is 32.2. The minimum Gasteiger partial charge on any atom is -0.456 e. The van der Waals surface area contributed by atoms with Crippen molar-refractivity contribution in [2.75, 3.05) is 4.90 Å². The SMILES string of the molecule is c1ccc(-c2ccc(N(c3ccc(-c4ccccc4)cc3)c3cccc4oc5ccc(-c6ccc7c(c6)c6cc8c(cc6n7-c6ccccc6)C6CC7CC(C6)C8C7)cc5c34)cc2)cc1. The van der Waals surface area contributed by atoms with Crippen LogP contribution in [0.2, 0.25) is 0 Å². The molecular formula is C62H46N2O. The maximum Gasteiger partial charge on any atom is 0.137 e. The van der Waals surface area contributed by atoms with Gasteiger partial charge in [-0.05, 0) is 179 Å². The van der Waals surface area contributed by atoms with E-state index in [4.69, 9.17) is 4.42 Å². The summed E-state index contributed by atoms with van der Waals surface area (Å²) in [6.45, 7) is 0. The standard InChI is InChI=1S/C62H46N2O/c1-4-11-40(12-5-1)42-19-25-49(26-20-42)63(50-27-21-43(22-28-50)41-13-6-2-7-14-41)58-17-10-18-61-62(58)56-36-45(24-30-60(56)65-61)44-23-29-57-54(35-44)55-37-53-51-33-39-31-46(51)34-47(32-39)52(53)38-59(55)64(57)48-15-8-3-9-16-48/h1-30,35-39,46-47,51H,31-34H2. The van der Waals surface area contributed by atoms with Crippen LogP contribution in [-0.4, -0.2) is 4.57 Å². The molecule has 9 aromatic carbocycles. The molecule has 14 rings (SSSR count). The van der Waals surface area contributed by atoms with Gasteiger partial charge in [0.15, 0.2) is 0 Å². The lowest BCUT2D eigenvalue weighted by atomic mass is 9.69. The Morgan fingerprint density at radius 1 is 0.415 bits per heavy atom. The minimum absolute atomic E-state index is 0.703. The van der Waals surface area contributed by atoms with Crippen molar-refractivity contribution in [3.63, 3.8) is 0 Å². The summed E-state index contributed by atoms with van der Waals surface area (Å²) in [6, 6.07) is 75.7. The van der Waals surface area contributed by atoms with Crippen LogP contribution < -0.4 is 4.90 Å². The second-order valence-electron chi connectivity index (χ2n) is 18.9. The molecule has 4 atom stereocenters. The van der Waals surface area contributed by atoms with Gasteiger partial charge in [-0.2, -0.15) is 0 Å². The third kappa shape index (κ3) is 5.88. The zero-order valence-corrected chi connectivity index (χ0v) is 36.1. The zero-order valence-electron chi connectivity index (χ0n) is 36.1. The van der Waals surface area contributed by atoms with Gasteiger partial charge in [-0.25, -0.2) is 0 Å². The van der Waals surface area contributed by atoms with Crippen molar-refractivity contribution in [1.82, 2.24) is 4.57 Å². The fourth-order valence-electron chi connectivity index (χ4n) is 12.5. The summed E-state index contributed by atoms with van der Waals surface area (Å²) in [6.07, 6.45) is 5.55. The van der Waals surface area contributed by atoms with E-state index in [1.807, 2.05) is 0 Å². The Morgan fingerprint density at radius 2 is 1.02 bits per heavy atom. The summed E-state index contributed by atoms with van der Waals surface area (Å²) in [5.74, 6) is 3.18. The number of furan rings is 1. The van der Waals surface area contributed by atoms with Crippen LogP contribution in [0, 0.1) is 11.8 Å². The minimum atomic E-state index is 0.703. The third-order valence-electron chi connectivity index (χ3n) is 15.3. The third-order valence-corrected chi connectivity index (χ3v) is 15.3. The number of rotatable bonds is 7. The average molecular weight is 835 g/mol. The van der Waals surface area contributed by atoms with Crippen molar-refractivity contribution >= 4 is 60.8 Å². The maximum absolute atomic E-state index is 6.71. The van der Waals surface area contributed by atoms with Crippen molar-refractivity contribution < 1.29 is 4.42 Å². The molecule has 0 aliphatic heterocycles. The van der Waals surface area contributed by atoms with Crippen LogP contribution in [0.3, 0.4) is 0 Å². The lowest BCUT2D eigenvalue weighted by Crippen LogP contribution is -2.22. The van der Waals surface area contributed by atoms with Gasteiger partial charge in [-0.1, -0.05) is 121 Å². The average Bonchev–Trinajstić information content (AvgIpc) is 3.99. The second kappa shape index (κ2) is 14.5. The molecule has 2 saturated carbocycles. The van der Waals surface area contributed by atoms with Crippen LogP contribution in [0.15, 0.2) is 211 Å². The molecule has 0 amide bonds. The zero-order chi connectivity index (χ0) is 42.6. The highest BCUT2D eigenvalue weighted by Gasteiger charge is 2.47. The lowest BCUT2D eigenvalue weighted by Gasteiger charge is -2.36. The molecule has 4 unspecified atom stereocenters. The van der Waals surface area contributed by atoms with Crippen molar-refractivity contribution in [3.05, 3.63) is 217 Å². The van der Waals surface area contributed by atoms with Crippen LogP contribution in [0.4, 0.5) is 17.1 Å². The molecule has 2 heterocycles. The number of nitrogens with zero attached hydrogens (tertiary/aromatic N) is 2. The number of aromatic nitrogens is 1. The smallest absolute Gasteiger partial charge is 0.137 e. The number of benzene rings is 9. The molecule has 3 nitrogen and oxygen atoms in total. The largest absolute Gasteiger partial charge is 0.456 e. The summed E-state index contributed by atoms with van der Waals surface area (Å²) in [7, 11) is 0. The fraction of sp³-hybridized carbons (Fsp3) is 0.129. The van der Waals surface area contributed by atoms with Gasteiger partial charge in [0.1, 0.15) is 11.2 Å². The van der Waals surface area contributed by atoms with Gasteiger partial charge in [0, 0.05) is 33.2 Å². The first-order valence-corrected chi connectivity index (χ1v) is 23.4. The maximum atomic E-state index is 6.71. The van der Waals surface area contributed by atoms with E-state index in [2.05, 4.69) is 216 Å². The quantitative estimate of drug-likeness (QED) is 0.159. The van der Waals surface area contributed by atoms with Crippen molar-refractivity contribution in [2.45, 2.75) is 37.5 Å². The molecule has 0 saturated heterocycles. The van der Waals surface area contributed by atoms with Crippen LogP contribution in [0.1, 0.15) is 48.6 Å². The van der Waals surface area contributed by atoms with Crippen molar-refractivity contribution in [1.29, 1.82) is 0 Å². The Balaban J connectivity index is 0.931. The van der Waals surface area contributed by atoms with Gasteiger partial charge in [0.2, 0.25) is 0 Å². The van der Waals surface area contributed by atoms with Gasteiger partial charge in [-0.3, -0.25) is 0 Å². The Labute approximate surface area is 378 Å². The summed E-state index contributed by atoms with van der Waals surface area (Å²) >= 11 is 0. The van der Waals surface area contributed by atoms with Crippen molar-refractivity contribution in [3.8, 4) is 39.1 Å². The number of fused-ring (bicyclic) bond motifs is 11. The highest BCUT2D eigenvalue weighted by Crippen LogP contribution is 2.61. The van der Waals surface area contributed by atoms with Crippen molar-refractivity contribution in [2.24, 2.45) is 11.8 Å². The molecular weight excluding hydrogens is 789 g/mol. The molecule has 310 valence electrons. The number of hydrogen-bond acceptors (Lipinski definition) is 2. The number of hydrogen-bond donors (Lipinski definition) is 0. The molecule has 0 radical (unpaired) electrons. The second-order valence-corrected chi connectivity index (χ2v) is 18.9. The molecule has 2 fully saturated rings. The fourth-order valence-corrected chi connectivity index (χ4v) is 12.5. The Hall–Kier alpha value is -7.62. The molecule has 11 aromatic rings. The highest BCUT2D eigenvalue weighted by molar-refractivity contribution is 6.15. The summed E-state index contributed by atoms with van der Waals surface area (Å²) in [5.41, 5.74) is 19.2. The van der Waals surface area contributed by atoms with Gasteiger partial charge in [-0.15, -0.1) is 0 Å². The normalized spacial score (nSPS) is 18.5. The molecule has 2 aromatic heterocycles. The van der Waals surface area contributed by atoms with E-state index < -0.39 is 0 Å². The predicted molar refractivity (Wildman–Crippen MR) is 270 cm³/mol. The monoisotopic (exact) mass is 834 g/mol. The molecule has 3 aliphatic carbocycles. The first kappa shape index (κ1) is 36.8. The Bertz CT molecular complexity index is 3520. The topological polar surface area (TPSA) is 21.3 Å². The van der Waals surface area contributed by atoms with Gasteiger partial charge < -0.3 is 13.9 Å². The molecule has 3 aliphatic rings. The molecule has 3 bridgehead atoms. The van der Waals surface area contributed by atoms with E-state index in [0.717, 1.165) is 50.8 Å². The van der Waals surface area contributed by atoms with E-state index in [1.54, 1.807) is 11.1 Å². The lowest BCUT2D eigenvalue weighted by molar-refractivity contribution is 0.297. The molecule has 3 heteroatoms. The summed E-state index contributed by atoms with van der Waals surface area (Å²) in [5, 5.41) is 4.89. The summed E-state index contributed by atoms with van der Waals surface area (Å²) < 4.78 is 9.22. The molecule has 0 spiro atoms. The molecule has 65 heavy (non-hydrogen) atoms. The van der Waals surface area contributed by atoms with E-state index in [1.165, 1.54) is 86.6 Å². The molecule has 0 N–H and O–H groups in total. The van der Waals surface area contributed by atoms with Gasteiger partial charge in [0.05, 0.1) is 22.1 Å². The van der Waals surface area contributed by atoms with Crippen LogP contribution in [-0.2, 0) is 0 Å². The highest BCUT2D eigenvalue weighted by atomic mass is 16.3. The number of anilines is 3. The van der Waals surface area contributed by atoms with Crippen LogP contribution in [0.5, 0.6) is 0 Å². The van der Waals surface area contributed by atoms with Gasteiger partial charge in [0.25, 0.3) is 0 Å². The van der Waals surface area contributed by atoms with E-state index in [9.17, 15) is 0 Å². The van der Waals surface area contributed by atoms with E-state index in [0.29, 0.717) is 11.8 Å². The van der Waals surface area contributed by atoms with Crippen LogP contribution in [0.25, 0.3) is 82.8 Å². The van der Waals surface area contributed by atoms with Gasteiger partial charge >= 0.3 is 0 Å². The Kier molecular flexibility index (Phi) is 8.19.